The lowest BCUT2D eigenvalue weighted by molar-refractivity contribution is -0.141. The second-order valence-electron chi connectivity index (χ2n) is 2.72. The molecule has 1 fully saturated rings. The third-order valence-corrected chi connectivity index (χ3v) is 1.93. The minimum absolute atomic E-state index is 0.00736. The van der Waals surface area contributed by atoms with Crippen LogP contribution in [-0.2, 0) is 9.47 Å². The summed E-state index contributed by atoms with van der Waals surface area (Å²) >= 11 is 0. The molecule has 1 rings (SSSR count). The van der Waals surface area contributed by atoms with Gasteiger partial charge in [0.1, 0.15) is 6.10 Å². The predicted octanol–water partition coefficient (Wildman–Crippen LogP) is -0.857. The van der Waals surface area contributed by atoms with E-state index in [9.17, 15) is 5.11 Å². The molecule has 3 atom stereocenters. The fraction of sp³-hybridized carbons (Fsp3) is 1.00. The Hall–Kier alpha value is -0.160. The average molecular weight is 162 g/mol. The van der Waals surface area contributed by atoms with Crippen molar-refractivity contribution in [3.05, 3.63) is 0 Å². The highest BCUT2D eigenvalue weighted by Gasteiger charge is 2.29. The molecule has 2 N–H and O–H groups in total. The van der Waals surface area contributed by atoms with E-state index in [1.165, 1.54) is 0 Å². The number of rotatable bonds is 2. The first-order valence-electron chi connectivity index (χ1n) is 3.71. The minimum Gasteiger partial charge on any atom is -0.394 e. The lowest BCUT2D eigenvalue weighted by Gasteiger charge is -2.31. The molecule has 66 valence electrons. The van der Waals surface area contributed by atoms with Gasteiger partial charge in [-0.05, 0) is 0 Å². The molecule has 0 radical (unpaired) electrons. The van der Waals surface area contributed by atoms with Crippen LogP contribution >= 0.6 is 0 Å². The van der Waals surface area contributed by atoms with Gasteiger partial charge in [-0.3, -0.25) is 0 Å². The van der Waals surface area contributed by atoms with E-state index in [4.69, 9.17) is 14.6 Å². The maximum absolute atomic E-state index is 9.25. The summed E-state index contributed by atoms with van der Waals surface area (Å²) in [5.74, 6) is 0. The Morgan fingerprint density at radius 3 is 2.91 bits per heavy atom. The van der Waals surface area contributed by atoms with Crippen LogP contribution < -0.4 is 0 Å². The van der Waals surface area contributed by atoms with Crippen LogP contribution in [0.5, 0.6) is 0 Å². The van der Waals surface area contributed by atoms with Gasteiger partial charge in [-0.2, -0.15) is 0 Å². The number of hydrogen-bond acceptors (Lipinski definition) is 4. The molecule has 1 aliphatic rings. The lowest BCUT2D eigenvalue weighted by Crippen LogP contribution is -2.43. The smallest absolute Gasteiger partial charge is 0.104 e. The van der Waals surface area contributed by atoms with Crippen molar-refractivity contribution in [2.24, 2.45) is 0 Å². The molecule has 1 aliphatic heterocycles. The molecular weight excluding hydrogens is 148 g/mol. The van der Waals surface area contributed by atoms with Crippen molar-refractivity contribution in [2.45, 2.75) is 24.7 Å². The van der Waals surface area contributed by atoms with Crippen LogP contribution in [0, 0.1) is 0 Å². The predicted molar refractivity (Wildman–Crippen MR) is 38.2 cm³/mol. The van der Waals surface area contributed by atoms with Crippen LogP contribution in [0.2, 0.25) is 0 Å². The number of hydrogen-bond donors (Lipinski definition) is 2. The van der Waals surface area contributed by atoms with Crippen LogP contribution in [0.4, 0.5) is 0 Å². The summed E-state index contributed by atoms with van der Waals surface area (Å²) in [6.45, 7) is 0.246. The van der Waals surface area contributed by atoms with Gasteiger partial charge in [-0.15, -0.1) is 0 Å². The lowest BCUT2D eigenvalue weighted by atomic mass is 10.0. The van der Waals surface area contributed by atoms with E-state index in [-0.39, 0.29) is 25.4 Å². The maximum Gasteiger partial charge on any atom is 0.104 e. The first-order valence-corrected chi connectivity index (χ1v) is 3.71. The van der Waals surface area contributed by atoms with Crippen molar-refractivity contribution in [3.8, 4) is 0 Å². The summed E-state index contributed by atoms with van der Waals surface area (Å²) in [5.41, 5.74) is 0. The minimum atomic E-state index is -0.553. The van der Waals surface area contributed by atoms with Gasteiger partial charge >= 0.3 is 0 Å². The number of aliphatic hydroxyl groups excluding tert-OH is 2. The molecule has 0 aromatic rings. The molecule has 0 saturated carbocycles. The van der Waals surface area contributed by atoms with Gasteiger partial charge < -0.3 is 19.7 Å². The molecule has 1 saturated heterocycles. The zero-order chi connectivity index (χ0) is 8.27. The monoisotopic (exact) mass is 162 g/mol. The topological polar surface area (TPSA) is 58.9 Å². The standard InChI is InChI=1S/C7H14O4/c1-10-7-2-5(3-8)11-4-6(7)9/h5-9H,2-4H2,1H3/t5?,6?,7-/m0/s1. The Morgan fingerprint density at radius 1 is 1.64 bits per heavy atom. The van der Waals surface area contributed by atoms with Gasteiger partial charge in [-0.1, -0.05) is 0 Å². The average Bonchev–Trinajstić information content (AvgIpc) is 2.05. The molecule has 0 amide bonds. The molecule has 0 aromatic heterocycles. The van der Waals surface area contributed by atoms with Crippen molar-refractivity contribution < 1.29 is 19.7 Å². The summed E-state index contributed by atoms with van der Waals surface area (Å²) in [4.78, 5) is 0. The van der Waals surface area contributed by atoms with E-state index in [0.29, 0.717) is 6.42 Å². The normalized spacial score (nSPS) is 39.0. The second-order valence-corrected chi connectivity index (χ2v) is 2.72. The van der Waals surface area contributed by atoms with E-state index in [0.717, 1.165) is 0 Å². The van der Waals surface area contributed by atoms with Crippen molar-refractivity contribution >= 4 is 0 Å². The third kappa shape index (κ3) is 2.13. The van der Waals surface area contributed by atoms with Gasteiger partial charge in [0.25, 0.3) is 0 Å². The first-order chi connectivity index (χ1) is 5.27. The first kappa shape index (κ1) is 8.93. The Kier molecular flexibility index (Phi) is 3.26. The van der Waals surface area contributed by atoms with Crippen molar-refractivity contribution in [1.29, 1.82) is 0 Å². The number of aliphatic hydroxyl groups is 2. The van der Waals surface area contributed by atoms with Crippen LogP contribution in [0.1, 0.15) is 6.42 Å². The fourth-order valence-corrected chi connectivity index (χ4v) is 1.21. The van der Waals surface area contributed by atoms with E-state index in [2.05, 4.69) is 0 Å². The molecule has 4 nitrogen and oxygen atoms in total. The van der Waals surface area contributed by atoms with Crippen LogP contribution in [0.15, 0.2) is 0 Å². The Labute approximate surface area is 65.7 Å². The summed E-state index contributed by atoms with van der Waals surface area (Å²) in [6, 6.07) is 0. The van der Waals surface area contributed by atoms with Gasteiger partial charge in [0, 0.05) is 13.5 Å². The molecule has 0 spiro atoms. The highest BCUT2D eigenvalue weighted by atomic mass is 16.5. The molecule has 2 unspecified atom stereocenters. The van der Waals surface area contributed by atoms with Gasteiger partial charge in [0.2, 0.25) is 0 Å². The summed E-state index contributed by atoms with van der Waals surface area (Å²) < 4.78 is 10.1. The molecule has 1 heterocycles. The molecule has 0 bridgehead atoms. The van der Waals surface area contributed by atoms with E-state index < -0.39 is 6.10 Å². The number of methoxy groups -OCH3 is 1. The highest BCUT2D eigenvalue weighted by Crippen LogP contribution is 2.16. The van der Waals surface area contributed by atoms with Crippen molar-refractivity contribution in [1.82, 2.24) is 0 Å². The van der Waals surface area contributed by atoms with Gasteiger partial charge in [-0.25, -0.2) is 0 Å². The summed E-state index contributed by atoms with van der Waals surface area (Å²) in [6.07, 6.45) is -0.360. The third-order valence-electron chi connectivity index (χ3n) is 1.93. The molecular formula is C7H14O4. The Bertz CT molecular complexity index is 117. The van der Waals surface area contributed by atoms with Crippen LogP contribution in [0.3, 0.4) is 0 Å². The molecule has 0 aromatic carbocycles. The summed E-state index contributed by atoms with van der Waals surface area (Å²) in [7, 11) is 1.55. The highest BCUT2D eigenvalue weighted by molar-refractivity contribution is 4.78. The quantitative estimate of drug-likeness (QED) is 0.555. The van der Waals surface area contributed by atoms with Gasteiger partial charge in [0.05, 0.1) is 25.4 Å². The zero-order valence-corrected chi connectivity index (χ0v) is 6.56. The molecule has 0 aliphatic carbocycles. The largest absolute Gasteiger partial charge is 0.394 e. The zero-order valence-electron chi connectivity index (χ0n) is 6.56. The van der Waals surface area contributed by atoms with Crippen LogP contribution in [-0.4, -0.2) is 48.8 Å². The molecule has 11 heavy (non-hydrogen) atoms. The fourth-order valence-electron chi connectivity index (χ4n) is 1.21. The molecule has 4 heteroatoms. The van der Waals surface area contributed by atoms with E-state index >= 15 is 0 Å². The van der Waals surface area contributed by atoms with E-state index in [1.807, 2.05) is 0 Å². The Morgan fingerprint density at radius 2 is 2.36 bits per heavy atom. The van der Waals surface area contributed by atoms with Crippen molar-refractivity contribution in [2.75, 3.05) is 20.3 Å². The van der Waals surface area contributed by atoms with Crippen LogP contribution in [0.25, 0.3) is 0 Å². The van der Waals surface area contributed by atoms with Crippen molar-refractivity contribution in [3.63, 3.8) is 0 Å². The Balaban J connectivity index is 2.37. The van der Waals surface area contributed by atoms with Gasteiger partial charge in [0.15, 0.2) is 0 Å². The SMILES string of the molecule is CO[C@H]1CC(CO)OCC1O. The van der Waals surface area contributed by atoms with E-state index in [1.54, 1.807) is 7.11 Å². The number of ether oxygens (including phenoxy) is 2. The second kappa shape index (κ2) is 4.01. The summed E-state index contributed by atoms with van der Waals surface area (Å²) in [5, 5.41) is 18.0. The maximum atomic E-state index is 9.25.